The monoisotopic (exact) mass is 345 g/mol. The van der Waals surface area contributed by atoms with E-state index in [2.05, 4.69) is 5.32 Å². The van der Waals surface area contributed by atoms with Crippen LogP contribution in [0.15, 0.2) is 30.3 Å². The summed E-state index contributed by atoms with van der Waals surface area (Å²) in [6.45, 7) is 0. The van der Waals surface area contributed by atoms with Crippen LogP contribution in [0.3, 0.4) is 0 Å². The van der Waals surface area contributed by atoms with Crippen LogP contribution in [0, 0.1) is 5.82 Å². The Bertz CT molecular complexity index is 808. The molecule has 0 atom stereocenters. The van der Waals surface area contributed by atoms with Crippen LogP contribution in [-0.2, 0) is 22.4 Å². The van der Waals surface area contributed by atoms with Gasteiger partial charge in [0.1, 0.15) is 10.8 Å². The standard InChI is InChI=1S/C18H16FNO3S/c1-23-18(22)16-13-3-2-4-14(13)24-17(16)20-15(21)10-7-11-5-8-12(19)9-6-11/h5-10H,2-4H2,1H3,(H,20,21)/b10-7+. The number of aryl methyl sites for hydroxylation is 1. The van der Waals surface area contributed by atoms with Crippen molar-refractivity contribution in [3.63, 3.8) is 0 Å². The number of anilines is 1. The number of hydrogen-bond acceptors (Lipinski definition) is 4. The summed E-state index contributed by atoms with van der Waals surface area (Å²) < 4.78 is 17.7. The van der Waals surface area contributed by atoms with Crippen molar-refractivity contribution in [2.24, 2.45) is 0 Å². The number of methoxy groups -OCH3 is 1. The molecule has 4 nitrogen and oxygen atoms in total. The molecule has 0 unspecified atom stereocenters. The Morgan fingerprint density at radius 3 is 2.71 bits per heavy atom. The van der Waals surface area contributed by atoms with E-state index in [0.29, 0.717) is 16.1 Å². The second-order valence-corrected chi connectivity index (χ2v) is 6.53. The normalized spacial score (nSPS) is 13.1. The van der Waals surface area contributed by atoms with Crippen molar-refractivity contribution in [1.29, 1.82) is 0 Å². The van der Waals surface area contributed by atoms with Crippen LogP contribution in [0.5, 0.6) is 0 Å². The van der Waals surface area contributed by atoms with E-state index in [1.54, 1.807) is 18.2 Å². The molecule has 0 fully saturated rings. The van der Waals surface area contributed by atoms with E-state index in [1.807, 2.05) is 0 Å². The predicted octanol–water partition coefficient (Wildman–Crippen LogP) is 3.81. The van der Waals surface area contributed by atoms with Crippen molar-refractivity contribution in [2.45, 2.75) is 19.3 Å². The fraction of sp³-hybridized carbons (Fsp3) is 0.222. The lowest BCUT2D eigenvalue weighted by atomic mass is 10.1. The first-order chi connectivity index (χ1) is 11.6. The molecule has 1 amide bonds. The fourth-order valence-corrected chi connectivity index (χ4v) is 3.99. The molecule has 0 aliphatic heterocycles. The Balaban J connectivity index is 1.77. The van der Waals surface area contributed by atoms with Gasteiger partial charge < -0.3 is 10.1 Å². The highest BCUT2D eigenvalue weighted by molar-refractivity contribution is 7.17. The average Bonchev–Trinajstić information content (AvgIpc) is 3.14. The number of thiophene rings is 1. The van der Waals surface area contributed by atoms with E-state index < -0.39 is 5.97 Å². The third-order valence-corrected chi connectivity index (χ3v) is 5.05. The predicted molar refractivity (Wildman–Crippen MR) is 91.7 cm³/mol. The molecule has 24 heavy (non-hydrogen) atoms. The molecule has 124 valence electrons. The Kier molecular flexibility index (Phi) is 4.76. The van der Waals surface area contributed by atoms with Crippen molar-refractivity contribution >= 4 is 34.3 Å². The first-order valence-electron chi connectivity index (χ1n) is 7.56. The molecule has 0 saturated heterocycles. The number of fused-ring (bicyclic) bond motifs is 1. The topological polar surface area (TPSA) is 55.4 Å². The summed E-state index contributed by atoms with van der Waals surface area (Å²) in [5.74, 6) is -1.09. The number of amides is 1. The van der Waals surface area contributed by atoms with Crippen molar-refractivity contribution in [3.05, 3.63) is 57.7 Å². The van der Waals surface area contributed by atoms with Crippen LogP contribution in [-0.4, -0.2) is 19.0 Å². The largest absolute Gasteiger partial charge is 0.465 e. The highest BCUT2D eigenvalue weighted by Crippen LogP contribution is 2.39. The van der Waals surface area contributed by atoms with Gasteiger partial charge in [0, 0.05) is 11.0 Å². The quantitative estimate of drug-likeness (QED) is 0.677. The maximum Gasteiger partial charge on any atom is 0.341 e. The minimum absolute atomic E-state index is 0.326. The molecule has 0 radical (unpaired) electrons. The molecule has 3 rings (SSSR count). The van der Waals surface area contributed by atoms with Gasteiger partial charge in [-0.3, -0.25) is 4.79 Å². The Morgan fingerprint density at radius 1 is 1.25 bits per heavy atom. The molecule has 1 N–H and O–H groups in total. The zero-order valence-electron chi connectivity index (χ0n) is 13.1. The summed E-state index contributed by atoms with van der Waals surface area (Å²) in [5, 5.41) is 3.28. The van der Waals surface area contributed by atoms with E-state index in [4.69, 9.17) is 4.74 Å². The van der Waals surface area contributed by atoms with Crippen LogP contribution in [0.1, 0.15) is 32.8 Å². The number of carbonyl (C=O) groups excluding carboxylic acids is 2. The van der Waals surface area contributed by atoms with Gasteiger partial charge in [-0.25, -0.2) is 9.18 Å². The summed E-state index contributed by atoms with van der Waals surface area (Å²) >= 11 is 1.43. The molecule has 1 aliphatic carbocycles. The van der Waals surface area contributed by atoms with Gasteiger partial charge in [0.05, 0.1) is 12.7 Å². The summed E-state index contributed by atoms with van der Waals surface area (Å²) in [6.07, 6.45) is 5.72. The van der Waals surface area contributed by atoms with Gasteiger partial charge in [-0.15, -0.1) is 11.3 Å². The van der Waals surface area contributed by atoms with Crippen LogP contribution in [0.4, 0.5) is 9.39 Å². The zero-order chi connectivity index (χ0) is 17.1. The maximum absolute atomic E-state index is 12.9. The molecule has 0 saturated carbocycles. The highest BCUT2D eigenvalue weighted by Gasteiger charge is 2.27. The number of carbonyl (C=O) groups is 2. The first kappa shape index (κ1) is 16.4. The molecule has 0 spiro atoms. The van der Waals surface area contributed by atoms with E-state index in [1.165, 1.54) is 36.7 Å². The number of rotatable bonds is 4. The van der Waals surface area contributed by atoms with E-state index in [0.717, 1.165) is 29.7 Å². The van der Waals surface area contributed by atoms with Crippen LogP contribution >= 0.6 is 11.3 Å². The number of nitrogens with one attached hydrogen (secondary N) is 1. The molecule has 1 aliphatic rings. The van der Waals surface area contributed by atoms with Crippen LogP contribution < -0.4 is 5.32 Å². The first-order valence-corrected chi connectivity index (χ1v) is 8.37. The van der Waals surface area contributed by atoms with Gasteiger partial charge in [0.2, 0.25) is 5.91 Å². The van der Waals surface area contributed by atoms with E-state index in [-0.39, 0.29) is 11.7 Å². The smallest absolute Gasteiger partial charge is 0.341 e. The number of halogens is 1. The Morgan fingerprint density at radius 2 is 2.00 bits per heavy atom. The lowest BCUT2D eigenvalue weighted by Gasteiger charge is -2.05. The molecule has 1 heterocycles. The van der Waals surface area contributed by atoms with Gasteiger partial charge in [-0.2, -0.15) is 0 Å². The molecule has 1 aromatic heterocycles. The summed E-state index contributed by atoms with van der Waals surface area (Å²) in [6, 6.07) is 5.82. The van der Waals surface area contributed by atoms with Gasteiger partial charge in [0.15, 0.2) is 0 Å². The molecule has 2 aromatic rings. The summed E-state index contributed by atoms with van der Waals surface area (Å²) in [5.41, 5.74) is 2.18. The van der Waals surface area contributed by atoms with Crippen LogP contribution in [0.25, 0.3) is 6.08 Å². The van der Waals surface area contributed by atoms with Crippen LogP contribution in [0.2, 0.25) is 0 Å². The molecular formula is C18H16FNO3S. The number of esters is 1. The molecule has 1 aromatic carbocycles. The van der Waals surface area contributed by atoms with Crippen molar-refractivity contribution in [1.82, 2.24) is 0 Å². The number of hydrogen-bond donors (Lipinski definition) is 1. The summed E-state index contributed by atoms with van der Waals surface area (Å²) in [7, 11) is 1.33. The highest BCUT2D eigenvalue weighted by atomic mass is 32.1. The Hall–Kier alpha value is -2.47. The van der Waals surface area contributed by atoms with Crippen molar-refractivity contribution in [2.75, 3.05) is 12.4 Å². The van der Waals surface area contributed by atoms with Gasteiger partial charge in [-0.1, -0.05) is 12.1 Å². The zero-order valence-corrected chi connectivity index (χ0v) is 13.9. The van der Waals surface area contributed by atoms with E-state index >= 15 is 0 Å². The second kappa shape index (κ2) is 6.97. The average molecular weight is 345 g/mol. The van der Waals surface area contributed by atoms with Gasteiger partial charge in [0.25, 0.3) is 0 Å². The third-order valence-electron chi connectivity index (χ3n) is 3.84. The van der Waals surface area contributed by atoms with Crippen molar-refractivity contribution in [3.8, 4) is 0 Å². The molecular weight excluding hydrogens is 329 g/mol. The second-order valence-electron chi connectivity index (χ2n) is 5.43. The maximum atomic E-state index is 12.9. The molecule has 6 heteroatoms. The van der Waals surface area contributed by atoms with Gasteiger partial charge >= 0.3 is 5.97 Å². The van der Waals surface area contributed by atoms with Crippen molar-refractivity contribution < 1.29 is 18.7 Å². The number of benzene rings is 1. The fourth-order valence-electron chi connectivity index (χ4n) is 2.71. The lowest BCUT2D eigenvalue weighted by Crippen LogP contribution is -2.12. The third kappa shape index (κ3) is 3.38. The minimum atomic E-state index is -0.424. The molecule has 0 bridgehead atoms. The van der Waals surface area contributed by atoms with Gasteiger partial charge in [-0.05, 0) is 48.6 Å². The number of ether oxygens (including phenoxy) is 1. The lowest BCUT2D eigenvalue weighted by molar-refractivity contribution is -0.111. The minimum Gasteiger partial charge on any atom is -0.465 e. The van der Waals surface area contributed by atoms with E-state index in [9.17, 15) is 14.0 Å². The summed E-state index contributed by atoms with van der Waals surface area (Å²) in [4.78, 5) is 25.3. The Labute approximate surface area is 143 Å². The SMILES string of the molecule is COC(=O)c1c(NC(=O)/C=C/c2ccc(F)cc2)sc2c1CCC2.